The highest BCUT2D eigenvalue weighted by Crippen LogP contribution is 2.17. The van der Waals surface area contributed by atoms with Gasteiger partial charge in [-0.1, -0.05) is 30.3 Å². The lowest BCUT2D eigenvalue weighted by molar-refractivity contribution is -0.121. The predicted molar refractivity (Wildman–Crippen MR) is 109 cm³/mol. The van der Waals surface area contributed by atoms with Gasteiger partial charge in [0.25, 0.3) is 5.91 Å². The van der Waals surface area contributed by atoms with Crippen LogP contribution < -0.4 is 10.6 Å². The zero-order chi connectivity index (χ0) is 19.6. The Labute approximate surface area is 166 Å². The summed E-state index contributed by atoms with van der Waals surface area (Å²) in [5.41, 5.74) is 1.78. The van der Waals surface area contributed by atoms with E-state index in [1.165, 1.54) is 0 Å². The zero-order valence-corrected chi connectivity index (χ0v) is 16.1. The van der Waals surface area contributed by atoms with Crippen LogP contribution in [0.25, 0.3) is 0 Å². The summed E-state index contributed by atoms with van der Waals surface area (Å²) in [4.78, 5) is 31.0. The monoisotopic (exact) mass is 380 g/mol. The molecule has 6 heteroatoms. The van der Waals surface area contributed by atoms with Crippen LogP contribution in [-0.4, -0.2) is 47.9 Å². The van der Waals surface area contributed by atoms with E-state index in [2.05, 4.69) is 27.8 Å². The Morgan fingerprint density at radius 1 is 0.964 bits per heavy atom. The molecule has 1 aliphatic rings. The van der Waals surface area contributed by atoms with Crippen molar-refractivity contribution in [3.05, 3.63) is 66.0 Å². The van der Waals surface area contributed by atoms with Crippen LogP contribution in [0.2, 0.25) is 0 Å². The first-order chi connectivity index (χ1) is 13.7. The molecule has 2 heterocycles. The maximum absolute atomic E-state index is 12.8. The van der Waals surface area contributed by atoms with Crippen LogP contribution in [0.5, 0.6) is 0 Å². The van der Waals surface area contributed by atoms with E-state index >= 15 is 0 Å². The minimum absolute atomic E-state index is 0.0107. The second-order valence-electron chi connectivity index (χ2n) is 7.06. The lowest BCUT2D eigenvalue weighted by Crippen LogP contribution is -2.35. The molecule has 1 aromatic heterocycles. The summed E-state index contributed by atoms with van der Waals surface area (Å²) in [6, 6.07) is 13.6. The molecule has 2 N–H and O–H groups in total. The fraction of sp³-hybridized carbons (Fsp3) is 0.409. The summed E-state index contributed by atoms with van der Waals surface area (Å²) in [6.07, 6.45) is 6.32. The molecule has 0 saturated carbocycles. The molecule has 3 rings (SSSR count). The third kappa shape index (κ3) is 5.89. The molecular formula is C22H28N4O2. The van der Waals surface area contributed by atoms with Crippen molar-refractivity contribution >= 4 is 11.8 Å². The fourth-order valence-electron chi connectivity index (χ4n) is 3.44. The predicted octanol–water partition coefficient (Wildman–Crippen LogP) is 2.54. The Hall–Kier alpha value is -2.73. The molecule has 0 aliphatic carbocycles. The molecule has 0 bridgehead atoms. The first-order valence-electron chi connectivity index (χ1n) is 9.98. The van der Waals surface area contributed by atoms with Gasteiger partial charge in [0.05, 0.1) is 0 Å². The third-order valence-corrected chi connectivity index (χ3v) is 4.98. The van der Waals surface area contributed by atoms with Crippen molar-refractivity contribution in [2.24, 2.45) is 0 Å². The highest BCUT2D eigenvalue weighted by Gasteiger charge is 2.18. The molecule has 1 atom stereocenters. The number of hydrogen-bond acceptors (Lipinski definition) is 4. The Morgan fingerprint density at radius 3 is 2.50 bits per heavy atom. The van der Waals surface area contributed by atoms with Gasteiger partial charge in [0.2, 0.25) is 5.91 Å². The molecule has 1 aliphatic heterocycles. The van der Waals surface area contributed by atoms with Crippen LogP contribution >= 0.6 is 0 Å². The highest BCUT2D eigenvalue weighted by atomic mass is 16.2. The van der Waals surface area contributed by atoms with Crippen molar-refractivity contribution in [3.63, 3.8) is 0 Å². The smallest absolute Gasteiger partial charge is 0.253 e. The number of hydrogen-bond donors (Lipinski definition) is 2. The largest absolute Gasteiger partial charge is 0.356 e. The van der Waals surface area contributed by atoms with E-state index in [1.54, 1.807) is 24.5 Å². The van der Waals surface area contributed by atoms with Gasteiger partial charge in [0.1, 0.15) is 0 Å². The average Bonchev–Trinajstić information content (AvgIpc) is 2.76. The van der Waals surface area contributed by atoms with Crippen LogP contribution in [0.4, 0.5) is 0 Å². The highest BCUT2D eigenvalue weighted by molar-refractivity contribution is 5.94. The van der Waals surface area contributed by atoms with Gasteiger partial charge in [0.15, 0.2) is 0 Å². The van der Waals surface area contributed by atoms with Crippen molar-refractivity contribution < 1.29 is 9.59 Å². The molecule has 2 aromatic rings. The van der Waals surface area contributed by atoms with Gasteiger partial charge in [-0.25, -0.2) is 0 Å². The van der Waals surface area contributed by atoms with E-state index in [0.29, 0.717) is 31.6 Å². The van der Waals surface area contributed by atoms with Crippen LogP contribution in [-0.2, 0) is 4.79 Å². The number of nitrogens with zero attached hydrogens (tertiary/aromatic N) is 2. The van der Waals surface area contributed by atoms with E-state index in [9.17, 15) is 9.59 Å². The van der Waals surface area contributed by atoms with Crippen molar-refractivity contribution in [2.75, 3.05) is 26.2 Å². The maximum atomic E-state index is 12.8. The number of aromatic nitrogens is 1. The molecular weight excluding hydrogens is 352 g/mol. The van der Waals surface area contributed by atoms with Crippen LogP contribution in [0.3, 0.4) is 0 Å². The average molecular weight is 380 g/mol. The second kappa shape index (κ2) is 10.6. The summed E-state index contributed by atoms with van der Waals surface area (Å²) in [6.45, 7) is 2.73. The SMILES string of the molecule is O=C1CC(c2ccccc2)NCCCCN(C(=O)c2ccncc2)CCCN1. The molecule has 6 nitrogen and oxygen atoms in total. The maximum Gasteiger partial charge on any atom is 0.253 e. The number of carbonyl (C=O) groups excluding carboxylic acids is 2. The standard InChI is InChI=1S/C22H28N4O2/c27-21-17-20(18-7-2-1-3-8-18)24-11-4-5-15-26(16-6-12-25-21)22(28)19-9-13-23-14-10-19/h1-3,7-10,13-14,20,24H,4-6,11-12,15-17H2,(H,25,27). The minimum Gasteiger partial charge on any atom is -0.356 e. The van der Waals surface area contributed by atoms with E-state index < -0.39 is 0 Å². The molecule has 1 fully saturated rings. The summed E-state index contributed by atoms with van der Waals surface area (Å²) < 4.78 is 0. The van der Waals surface area contributed by atoms with E-state index in [-0.39, 0.29) is 17.9 Å². The summed E-state index contributed by atoms with van der Waals surface area (Å²) in [5.74, 6) is 0.0614. The fourth-order valence-corrected chi connectivity index (χ4v) is 3.44. The quantitative estimate of drug-likeness (QED) is 0.840. The Bertz CT molecular complexity index is 752. The van der Waals surface area contributed by atoms with Gasteiger partial charge in [-0.05, 0) is 43.5 Å². The Kier molecular flexibility index (Phi) is 7.55. The van der Waals surface area contributed by atoms with E-state index in [1.807, 2.05) is 23.1 Å². The van der Waals surface area contributed by atoms with Crippen molar-refractivity contribution in [1.82, 2.24) is 20.5 Å². The van der Waals surface area contributed by atoms with Gasteiger partial charge in [-0.15, -0.1) is 0 Å². The number of nitrogens with one attached hydrogen (secondary N) is 2. The number of carbonyl (C=O) groups is 2. The van der Waals surface area contributed by atoms with Gasteiger partial charge in [-0.2, -0.15) is 0 Å². The number of amides is 2. The lowest BCUT2D eigenvalue weighted by Gasteiger charge is -2.23. The van der Waals surface area contributed by atoms with Gasteiger partial charge in [-0.3, -0.25) is 14.6 Å². The molecule has 1 saturated heterocycles. The molecule has 1 aromatic carbocycles. The number of benzene rings is 1. The molecule has 0 spiro atoms. The minimum atomic E-state index is 0.0107. The van der Waals surface area contributed by atoms with Crippen LogP contribution in [0, 0.1) is 0 Å². The van der Waals surface area contributed by atoms with Crippen LogP contribution in [0.1, 0.15) is 47.6 Å². The van der Waals surface area contributed by atoms with Crippen LogP contribution in [0.15, 0.2) is 54.9 Å². The lowest BCUT2D eigenvalue weighted by atomic mass is 10.0. The van der Waals surface area contributed by atoms with Crippen molar-refractivity contribution in [2.45, 2.75) is 31.7 Å². The number of pyridine rings is 1. The van der Waals surface area contributed by atoms with Gasteiger partial charge < -0.3 is 15.5 Å². The normalized spacial score (nSPS) is 19.6. The molecule has 148 valence electrons. The molecule has 28 heavy (non-hydrogen) atoms. The second-order valence-corrected chi connectivity index (χ2v) is 7.06. The van der Waals surface area contributed by atoms with E-state index in [0.717, 1.165) is 31.4 Å². The first-order valence-corrected chi connectivity index (χ1v) is 9.98. The summed E-state index contributed by atoms with van der Waals surface area (Å²) in [7, 11) is 0. The molecule has 1 unspecified atom stereocenters. The molecule has 0 radical (unpaired) electrons. The molecule has 2 amide bonds. The third-order valence-electron chi connectivity index (χ3n) is 4.98. The van der Waals surface area contributed by atoms with Crippen molar-refractivity contribution in [3.8, 4) is 0 Å². The summed E-state index contributed by atoms with van der Waals surface area (Å²) in [5, 5.41) is 6.50. The van der Waals surface area contributed by atoms with Crippen molar-refractivity contribution in [1.29, 1.82) is 0 Å². The topological polar surface area (TPSA) is 74.3 Å². The first kappa shape index (κ1) is 20.0. The van der Waals surface area contributed by atoms with Gasteiger partial charge >= 0.3 is 0 Å². The summed E-state index contributed by atoms with van der Waals surface area (Å²) >= 11 is 0. The zero-order valence-electron chi connectivity index (χ0n) is 16.1. The van der Waals surface area contributed by atoms with E-state index in [4.69, 9.17) is 0 Å². The number of rotatable bonds is 2. The van der Waals surface area contributed by atoms with Gasteiger partial charge in [0, 0.05) is 50.1 Å². The Balaban J connectivity index is 1.63. The Morgan fingerprint density at radius 2 is 1.71 bits per heavy atom.